The fourth-order valence-electron chi connectivity index (χ4n) is 2.88. The van der Waals surface area contributed by atoms with E-state index in [9.17, 15) is 10.1 Å². The van der Waals surface area contributed by atoms with Crippen LogP contribution in [0.2, 0.25) is 0 Å². The van der Waals surface area contributed by atoms with Crippen molar-refractivity contribution in [3.05, 3.63) is 12.2 Å². The molecule has 3 heteroatoms. The summed E-state index contributed by atoms with van der Waals surface area (Å²) in [6.07, 6.45) is 1.96. The highest BCUT2D eigenvalue weighted by atomic mass is 16.5. The second kappa shape index (κ2) is 5.14. The van der Waals surface area contributed by atoms with Crippen LogP contribution in [-0.2, 0) is 9.53 Å². The molecule has 1 aliphatic carbocycles. The molecule has 0 aliphatic heterocycles. The molecule has 0 heterocycles. The van der Waals surface area contributed by atoms with Crippen LogP contribution in [-0.4, -0.2) is 12.6 Å². The number of nitriles is 1. The number of carbonyl (C=O) groups excluding carboxylic acids is 1. The van der Waals surface area contributed by atoms with Gasteiger partial charge in [0.05, 0.1) is 12.7 Å². The summed E-state index contributed by atoms with van der Waals surface area (Å²) in [5, 5.41) is 9.43. The molecule has 0 aromatic heterocycles. The lowest BCUT2D eigenvalue weighted by Crippen LogP contribution is -2.43. The van der Waals surface area contributed by atoms with Crippen LogP contribution in [0.4, 0.5) is 0 Å². The highest BCUT2D eigenvalue weighted by molar-refractivity contribution is 5.80. The zero-order valence-corrected chi connectivity index (χ0v) is 11.9. The van der Waals surface area contributed by atoms with Crippen LogP contribution in [0.25, 0.3) is 0 Å². The second-order valence-corrected chi connectivity index (χ2v) is 6.01. The van der Waals surface area contributed by atoms with Crippen LogP contribution in [0, 0.1) is 28.1 Å². The van der Waals surface area contributed by atoms with Crippen molar-refractivity contribution in [2.24, 2.45) is 16.7 Å². The van der Waals surface area contributed by atoms with Gasteiger partial charge in [-0.3, -0.25) is 4.79 Å². The van der Waals surface area contributed by atoms with Crippen LogP contribution in [0.5, 0.6) is 0 Å². The molecule has 2 unspecified atom stereocenters. The summed E-state index contributed by atoms with van der Waals surface area (Å²) in [5.41, 5.74) is 0.164. The number of nitrogens with zero attached hydrogens (tertiary/aromatic N) is 1. The summed E-state index contributed by atoms with van der Waals surface area (Å²) in [4.78, 5) is 12.1. The van der Waals surface area contributed by atoms with Gasteiger partial charge in [-0.25, -0.2) is 0 Å². The van der Waals surface area contributed by atoms with E-state index >= 15 is 0 Å². The van der Waals surface area contributed by atoms with Crippen molar-refractivity contribution in [3.8, 4) is 6.07 Å². The van der Waals surface area contributed by atoms with Crippen molar-refractivity contribution < 1.29 is 9.53 Å². The molecule has 0 N–H and O–H groups in total. The zero-order chi connectivity index (χ0) is 14.0. The number of hydrogen-bond donors (Lipinski definition) is 0. The Labute approximate surface area is 110 Å². The number of allylic oxidation sites excluding steroid dienone is 1. The van der Waals surface area contributed by atoms with Crippen LogP contribution < -0.4 is 0 Å². The maximum atomic E-state index is 12.1. The van der Waals surface area contributed by atoms with E-state index in [0.717, 1.165) is 12.0 Å². The molecule has 0 amide bonds. The molecule has 18 heavy (non-hydrogen) atoms. The number of hydrogen-bond acceptors (Lipinski definition) is 3. The van der Waals surface area contributed by atoms with E-state index in [2.05, 4.69) is 26.5 Å². The summed E-state index contributed by atoms with van der Waals surface area (Å²) in [5.74, 6) is -0.176. The summed E-state index contributed by atoms with van der Waals surface area (Å²) >= 11 is 0. The van der Waals surface area contributed by atoms with Crippen molar-refractivity contribution in [2.45, 2.75) is 47.0 Å². The summed E-state index contributed by atoms with van der Waals surface area (Å²) in [6, 6.07) is 2.21. The van der Waals surface area contributed by atoms with Crippen LogP contribution >= 0.6 is 0 Å². The monoisotopic (exact) mass is 249 g/mol. The fourth-order valence-corrected chi connectivity index (χ4v) is 2.88. The fraction of sp³-hybridized carbons (Fsp3) is 0.733. The third kappa shape index (κ3) is 2.58. The molecule has 0 radical (unpaired) electrons. The van der Waals surface area contributed by atoms with Gasteiger partial charge in [0.1, 0.15) is 0 Å². The van der Waals surface area contributed by atoms with Crippen molar-refractivity contribution >= 4 is 5.97 Å². The van der Waals surface area contributed by atoms with Gasteiger partial charge in [-0.05, 0) is 44.4 Å². The highest BCUT2D eigenvalue weighted by Gasteiger charge is 2.50. The smallest absolute Gasteiger partial charge is 0.326 e. The van der Waals surface area contributed by atoms with Crippen LogP contribution in [0.3, 0.4) is 0 Å². The lowest BCUT2D eigenvalue weighted by atomic mass is 9.58. The molecule has 1 aliphatic rings. The van der Waals surface area contributed by atoms with Crippen LogP contribution in [0.15, 0.2) is 12.2 Å². The Morgan fingerprint density at radius 3 is 2.56 bits per heavy atom. The minimum Gasteiger partial charge on any atom is -0.465 e. The highest BCUT2D eigenvalue weighted by Crippen LogP contribution is 2.51. The molecule has 0 aromatic carbocycles. The first kappa shape index (κ1) is 14.8. The molecular weight excluding hydrogens is 226 g/mol. The topological polar surface area (TPSA) is 50.1 Å². The zero-order valence-electron chi connectivity index (χ0n) is 11.9. The van der Waals surface area contributed by atoms with Gasteiger partial charge in [-0.1, -0.05) is 26.0 Å². The Balaban J connectivity index is 3.02. The Morgan fingerprint density at radius 2 is 2.11 bits per heavy atom. The molecule has 1 rings (SSSR count). The Bertz CT molecular complexity index is 392. The summed E-state index contributed by atoms with van der Waals surface area (Å²) in [7, 11) is 0. The maximum Gasteiger partial charge on any atom is 0.326 e. The average molecular weight is 249 g/mol. The SMILES string of the molecule is C=C(C)C1CC(C#N)(C(=O)OCC)CCC1(C)C. The normalized spacial score (nSPS) is 30.3. The first-order chi connectivity index (χ1) is 8.29. The third-order valence-electron chi connectivity index (χ3n) is 4.17. The number of ether oxygens (including phenoxy) is 1. The van der Waals surface area contributed by atoms with Crippen LogP contribution in [0.1, 0.15) is 47.0 Å². The molecule has 3 nitrogen and oxygen atoms in total. The summed E-state index contributed by atoms with van der Waals surface area (Å²) < 4.78 is 5.08. The van der Waals surface area contributed by atoms with Gasteiger partial charge >= 0.3 is 5.97 Å². The molecule has 1 saturated carbocycles. The van der Waals surface area contributed by atoms with Gasteiger partial charge in [0.2, 0.25) is 0 Å². The maximum absolute atomic E-state index is 12.1. The van der Waals surface area contributed by atoms with E-state index in [1.165, 1.54) is 0 Å². The molecule has 0 spiro atoms. The van der Waals surface area contributed by atoms with Gasteiger partial charge in [0.25, 0.3) is 0 Å². The number of rotatable bonds is 3. The van der Waals surface area contributed by atoms with E-state index < -0.39 is 5.41 Å². The van der Waals surface area contributed by atoms with E-state index in [-0.39, 0.29) is 17.3 Å². The van der Waals surface area contributed by atoms with Gasteiger partial charge in [-0.15, -0.1) is 0 Å². The van der Waals surface area contributed by atoms with Gasteiger partial charge < -0.3 is 4.74 Å². The minimum atomic E-state index is -0.977. The Kier molecular flexibility index (Phi) is 4.21. The van der Waals surface area contributed by atoms with Gasteiger partial charge in [0.15, 0.2) is 5.41 Å². The first-order valence-corrected chi connectivity index (χ1v) is 6.53. The van der Waals surface area contributed by atoms with E-state index in [1.807, 2.05) is 6.92 Å². The standard InChI is InChI=1S/C15H23NO2/c1-6-18-13(17)15(10-16)8-7-14(4,5)12(9-15)11(2)3/h12H,2,6-9H2,1,3-5H3. The molecule has 0 bridgehead atoms. The summed E-state index contributed by atoms with van der Waals surface area (Å²) in [6.45, 7) is 12.4. The second-order valence-electron chi connectivity index (χ2n) is 6.01. The van der Waals surface area contributed by atoms with E-state index in [0.29, 0.717) is 19.4 Å². The minimum absolute atomic E-state index is 0.0959. The first-order valence-electron chi connectivity index (χ1n) is 6.53. The number of esters is 1. The predicted molar refractivity (Wildman–Crippen MR) is 70.6 cm³/mol. The Morgan fingerprint density at radius 1 is 1.50 bits per heavy atom. The van der Waals surface area contributed by atoms with Crippen molar-refractivity contribution in [1.82, 2.24) is 0 Å². The molecule has 0 saturated heterocycles. The number of carbonyl (C=O) groups is 1. The molecule has 0 aromatic rings. The lowest BCUT2D eigenvalue weighted by Gasteiger charge is -2.45. The van der Waals surface area contributed by atoms with Crippen molar-refractivity contribution in [1.29, 1.82) is 5.26 Å². The third-order valence-corrected chi connectivity index (χ3v) is 4.17. The molecule has 1 fully saturated rings. The molecule has 100 valence electrons. The van der Waals surface area contributed by atoms with Gasteiger partial charge in [-0.2, -0.15) is 5.26 Å². The molecular formula is C15H23NO2. The molecule has 2 atom stereocenters. The van der Waals surface area contributed by atoms with Crippen molar-refractivity contribution in [3.63, 3.8) is 0 Å². The predicted octanol–water partition coefficient (Wildman–Crippen LogP) is 3.46. The largest absolute Gasteiger partial charge is 0.465 e. The van der Waals surface area contributed by atoms with Crippen molar-refractivity contribution in [2.75, 3.05) is 6.61 Å². The Hall–Kier alpha value is -1.30. The van der Waals surface area contributed by atoms with Gasteiger partial charge in [0, 0.05) is 0 Å². The van der Waals surface area contributed by atoms with E-state index in [4.69, 9.17) is 4.74 Å². The quantitative estimate of drug-likeness (QED) is 0.568. The lowest BCUT2D eigenvalue weighted by molar-refractivity contribution is -0.155. The average Bonchev–Trinajstić information content (AvgIpc) is 2.29. The van der Waals surface area contributed by atoms with E-state index in [1.54, 1.807) is 6.92 Å².